The van der Waals surface area contributed by atoms with Crippen molar-refractivity contribution in [1.29, 1.82) is 0 Å². The fourth-order valence-corrected chi connectivity index (χ4v) is 2.62. The van der Waals surface area contributed by atoms with E-state index in [0.717, 1.165) is 6.42 Å². The minimum atomic E-state index is 0.192. The van der Waals surface area contributed by atoms with Crippen LogP contribution in [0.2, 0.25) is 0 Å². The molecule has 0 aromatic heterocycles. The van der Waals surface area contributed by atoms with E-state index in [4.69, 9.17) is 4.84 Å². The maximum Gasteiger partial charge on any atom is 0.0575 e. The standard InChI is InChI=1S/C11H23NO.C2H6/c1-6-11(4)9-7-8-10(2,3)12(11)13-5;1-2/h6-9H2,1-5H3;1-2H3. The molecule has 1 atom stereocenters. The predicted molar refractivity (Wildman–Crippen MR) is 66.8 cm³/mol. The summed E-state index contributed by atoms with van der Waals surface area (Å²) in [6.07, 6.45) is 4.96. The summed E-state index contributed by atoms with van der Waals surface area (Å²) >= 11 is 0. The van der Waals surface area contributed by atoms with Crippen molar-refractivity contribution in [2.45, 2.75) is 78.3 Å². The van der Waals surface area contributed by atoms with Gasteiger partial charge < -0.3 is 4.84 Å². The van der Waals surface area contributed by atoms with E-state index < -0.39 is 0 Å². The summed E-state index contributed by atoms with van der Waals surface area (Å²) in [7, 11) is 1.79. The molecule has 0 saturated carbocycles. The molecule has 1 aliphatic rings. The van der Waals surface area contributed by atoms with Gasteiger partial charge in [0.05, 0.1) is 7.11 Å². The summed E-state index contributed by atoms with van der Waals surface area (Å²) in [5, 5.41) is 2.20. The highest BCUT2D eigenvalue weighted by Crippen LogP contribution is 2.39. The molecular formula is C13H29NO. The van der Waals surface area contributed by atoms with E-state index in [0.29, 0.717) is 0 Å². The van der Waals surface area contributed by atoms with E-state index in [1.54, 1.807) is 7.11 Å². The lowest BCUT2D eigenvalue weighted by Crippen LogP contribution is -2.58. The van der Waals surface area contributed by atoms with E-state index in [1.165, 1.54) is 19.3 Å². The molecule has 0 spiro atoms. The van der Waals surface area contributed by atoms with Crippen molar-refractivity contribution in [1.82, 2.24) is 5.06 Å². The molecule has 0 amide bonds. The smallest absolute Gasteiger partial charge is 0.0575 e. The lowest BCUT2D eigenvalue weighted by Gasteiger charge is -2.52. The second-order valence-electron chi connectivity index (χ2n) is 4.99. The van der Waals surface area contributed by atoms with Crippen LogP contribution in [-0.4, -0.2) is 23.3 Å². The SMILES string of the molecule is CC.CCC1(C)CCCC(C)(C)N1OC. The molecule has 0 bridgehead atoms. The lowest BCUT2D eigenvalue weighted by atomic mass is 9.79. The normalized spacial score (nSPS) is 30.6. The van der Waals surface area contributed by atoms with Crippen molar-refractivity contribution >= 4 is 0 Å². The summed E-state index contributed by atoms with van der Waals surface area (Å²) in [5.41, 5.74) is 0.425. The zero-order valence-corrected chi connectivity index (χ0v) is 11.7. The van der Waals surface area contributed by atoms with E-state index in [2.05, 4.69) is 32.8 Å². The molecule has 1 unspecified atom stereocenters. The van der Waals surface area contributed by atoms with Crippen LogP contribution < -0.4 is 0 Å². The van der Waals surface area contributed by atoms with Gasteiger partial charge in [-0.2, -0.15) is 5.06 Å². The largest absolute Gasteiger partial charge is 0.301 e. The van der Waals surface area contributed by atoms with Crippen LogP contribution in [-0.2, 0) is 4.84 Å². The van der Waals surface area contributed by atoms with Gasteiger partial charge in [-0.3, -0.25) is 0 Å². The number of nitrogens with zero attached hydrogens (tertiary/aromatic N) is 1. The van der Waals surface area contributed by atoms with Crippen molar-refractivity contribution in [2.24, 2.45) is 0 Å². The molecule has 1 aliphatic heterocycles. The first kappa shape index (κ1) is 14.9. The van der Waals surface area contributed by atoms with Gasteiger partial charge >= 0.3 is 0 Å². The molecule has 0 aliphatic carbocycles. The third-order valence-corrected chi connectivity index (χ3v) is 3.49. The van der Waals surface area contributed by atoms with E-state index in [-0.39, 0.29) is 11.1 Å². The Morgan fingerprint density at radius 1 is 1.13 bits per heavy atom. The van der Waals surface area contributed by atoms with Crippen LogP contribution in [0.25, 0.3) is 0 Å². The van der Waals surface area contributed by atoms with Gasteiger partial charge in [0.1, 0.15) is 0 Å². The average Bonchev–Trinajstić information content (AvgIpc) is 2.20. The van der Waals surface area contributed by atoms with Crippen molar-refractivity contribution in [3.8, 4) is 0 Å². The van der Waals surface area contributed by atoms with E-state index >= 15 is 0 Å². The Morgan fingerprint density at radius 2 is 1.67 bits per heavy atom. The molecule has 0 N–H and O–H groups in total. The van der Waals surface area contributed by atoms with Crippen molar-refractivity contribution in [3.63, 3.8) is 0 Å². The zero-order valence-electron chi connectivity index (χ0n) is 11.7. The minimum absolute atomic E-state index is 0.192. The maximum absolute atomic E-state index is 5.55. The topological polar surface area (TPSA) is 12.5 Å². The third kappa shape index (κ3) is 3.18. The van der Waals surface area contributed by atoms with Gasteiger partial charge in [0, 0.05) is 11.1 Å². The predicted octanol–water partition coefficient (Wildman–Crippen LogP) is 4.01. The van der Waals surface area contributed by atoms with Gasteiger partial charge in [0.2, 0.25) is 0 Å². The summed E-state index contributed by atoms with van der Waals surface area (Å²) in [6.45, 7) is 13.1. The highest BCUT2D eigenvalue weighted by atomic mass is 16.7. The van der Waals surface area contributed by atoms with E-state index in [1.807, 2.05) is 13.8 Å². The highest BCUT2D eigenvalue weighted by molar-refractivity contribution is 4.94. The zero-order chi connectivity index (χ0) is 12.1. The Hall–Kier alpha value is -0.0800. The van der Waals surface area contributed by atoms with Gasteiger partial charge in [-0.15, -0.1) is 0 Å². The molecular weight excluding hydrogens is 186 g/mol. The molecule has 2 heteroatoms. The van der Waals surface area contributed by atoms with Crippen LogP contribution in [0, 0.1) is 0 Å². The fourth-order valence-electron chi connectivity index (χ4n) is 2.62. The molecule has 1 heterocycles. The molecule has 0 aromatic rings. The molecule has 92 valence electrons. The lowest BCUT2D eigenvalue weighted by molar-refractivity contribution is -0.269. The molecule has 1 saturated heterocycles. The molecule has 2 nitrogen and oxygen atoms in total. The van der Waals surface area contributed by atoms with Crippen LogP contribution in [0.5, 0.6) is 0 Å². The Labute approximate surface area is 95.9 Å². The Balaban J connectivity index is 0.000000921. The number of rotatable bonds is 2. The van der Waals surface area contributed by atoms with E-state index in [9.17, 15) is 0 Å². The maximum atomic E-state index is 5.55. The summed E-state index contributed by atoms with van der Waals surface area (Å²) in [6, 6.07) is 0. The summed E-state index contributed by atoms with van der Waals surface area (Å²) in [5.74, 6) is 0. The number of hydroxylamine groups is 2. The number of piperidine rings is 1. The Bertz CT molecular complexity index is 179. The van der Waals surface area contributed by atoms with Crippen molar-refractivity contribution < 1.29 is 4.84 Å². The van der Waals surface area contributed by atoms with Crippen LogP contribution in [0.3, 0.4) is 0 Å². The first-order valence-corrected chi connectivity index (χ1v) is 6.31. The number of hydrogen-bond acceptors (Lipinski definition) is 2. The molecule has 0 radical (unpaired) electrons. The second-order valence-corrected chi connectivity index (χ2v) is 4.99. The minimum Gasteiger partial charge on any atom is -0.301 e. The van der Waals surface area contributed by atoms with Gasteiger partial charge in [0.15, 0.2) is 0 Å². The monoisotopic (exact) mass is 215 g/mol. The van der Waals surface area contributed by atoms with Crippen LogP contribution in [0.4, 0.5) is 0 Å². The highest BCUT2D eigenvalue weighted by Gasteiger charge is 2.43. The first-order chi connectivity index (χ1) is 6.96. The van der Waals surface area contributed by atoms with Crippen molar-refractivity contribution in [3.05, 3.63) is 0 Å². The van der Waals surface area contributed by atoms with Gasteiger partial charge in [-0.25, -0.2) is 0 Å². The summed E-state index contributed by atoms with van der Waals surface area (Å²) < 4.78 is 0. The number of hydrogen-bond donors (Lipinski definition) is 0. The second kappa shape index (κ2) is 5.86. The fraction of sp³-hybridized carbons (Fsp3) is 1.00. The molecule has 1 fully saturated rings. The van der Waals surface area contributed by atoms with Crippen molar-refractivity contribution in [2.75, 3.05) is 7.11 Å². The average molecular weight is 215 g/mol. The Morgan fingerprint density at radius 3 is 2.00 bits per heavy atom. The van der Waals surface area contributed by atoms with Gasteiger partial charge in [-0.1, -0.05) is 20.8 Å². The molecule has 0 aromatic carbocycles. The van der Waals surface area contributed by atoms with Crippen LogP contribution >= 0.6 is 0 Å². The third-order valence-electron chi connectivity index (χ3n) is 3.49. The molecule has 15 heavy (non-hydrogen) atoms. The first-order valence-electron chi connectivity index (χ1n) is 6.31. The van der Waals surface area contributed by atoms with Gasteiger partial charge in [0.25, 0.3) is 0 Å². The Kier molecular flexibility index (Phi) is 5.82. The van der Waals surface area contributed by atoms with Crippen LogP contribution in [0.1, 0.15) is 67.2 Å². The summed E-state index contributed by atoms with van der Waals surface area (Å²) in [4.78, 5) is 5.55. The quantitative estimate of drug-likeness (QED) is 0.690. The van der Waals surface area contributed by atoms with Gasteiger partial charge in [-0.05, 0) is 46.5 Å². The molecule has 1 rings (SSSR count). The van der Waals surface area contributed by atoms with Crippen LogP contribution in [0.15, 0.2) is 0 Å².